The van der Waals surface area contributed by atoms with Crippen LogP contribution in [0.2, 0.25) is 0 Å². The number of hydrogen-bond acceptors (Lipinski definition) is 6. The van der Waals surface area contributed by atoms with Crippen LogP contribution in [0.5, 0.6) is 5.75 Å². The molecule has 0 spiro atoms. The highest BCUT2D eigenvalue weighted by atomic mass is 16.4. The number of carboxylic acids is 1. The van der Waals surface area contributed by atoms with Crippen LogP contribution in [0.25, 0.3) is 0 Å². The van der Waals surface area contributed by atoms with Gasteiger partial charge in [-0.05, 0) is 23.6 Å². The van der Waals surface area contributed by atoms with E-state index in [1.54, 1.807) is 30.3 Å². The molecule has 0 aliphatic rings. The first-order valence-electron chi connectivity index (χ1n) is 7.82. The molecule has 0 aliphatic carbocycles. The molecule has 8 nitrogen and oxygen atoms in total. The van der Waals surface area contributed by atoms with E-state index < -0.39 is 36.7 Å². The van der Waals surface area contributed by atoms with E-state index in [4.69, 9.17) is 10.8 Å². The van der Waals surface area contributed by atoms with Crippen molar-refractivity contribution in [2.24, 2.45) is 5.73 Å². The summed E-state index contributed by atoms with van der Waals surface area (Å²) in [7, 11) is -1.94. The van der Waals surface area contributed by atoms with Gasteiger partial charge in [0.25, 0.3) is 0 Å². The van der Waals surface area contributed by atoms with E-state index in [1.165, 1.54) is 18.2 Å². The van der Waals surface area contributed by atoms with E-state index in [9.17, 15) is 24.7 Å². The maximum Gasteiger partial charge on any atom is 0.475 e. The van der Waals surface area contributed by atoms with Crippen LogP contribution in [-0.4, -0.2) is 45.2 Å². The molecular weight excluding hydrogens is 339 g/mol. The Kier molecular flexibility index (Phi) is 6.34. The highest BCUT2D eigenvalue weighted by molar-refractivity contribution is 6.43. The Balaban J connectivity index is 2.16. The third kappa shape index (κ3) is 4.60. The second-order valence-electron chi connectivity index (χ2n) is 5.74. The van der Waals surface area contributed by atoms with Crippen molar-refractivity contribution in [2.45, 2.75) is 18.4 Å². The number of benzene rings is 2. The summed E-state index contributed by atoms with van der Waals surface area (Å²) < 4.78 is 0. The Morgan fingerprint density at radius 1 is 1.08 bits per heavy atom. The summed E-state index contributed by atoms with van der Waals surface area (Å²) in [4.78, 5) is 23.4. The van der Waals surface area contributed by atoms with Gasteiger partial charge < -0.3 is 31.3 Å². The van der Waals surface area contributed by atoms with Crippen molar-refractivity contribution in [3.8, 4) is 5.75 Å². The number of para-hydroxylation sites is 1. The molecule has 1 amide bonds. The van der Waals surface area contributed by atoms with Gasteiger partial charge in [0.1, 0.15) is 17.4 Å². The molecule has 0 bridgehead atoms. The molecule has 26 heavy (non-hydrogen) atoms. The van der Waals surface area contributed by atoms with E-state index >= 15 is 0 Å². The minimum Gasteiger partial charge on any atom is -0.507 e. The number of carbonyl (C=O) groups is 2. The Hall–Kier alpha value is -2.88. The monoisotopic (exact) mass is 358 g/mol. The molecule has 2 aromatic carbocycles. The SMILES string of the molecule is NC(C(=O)NC(Cc1cccc(C(=O)O)c1O)B(O)O)c1ccccc1. The summed E-state index contributed by atoms with van der Waals surface area (Å²) in [6.45, 7) is 0. The third-order valence-corrected chi connectivity index (χ3v) is 3.92. The maximum atomic E-state index is 12.3. The van der Waals surface area contributed by atoms with Gasteiger partial charge in [-0.3, -0.25) is 4.79 Å². The molecule has 2 aromatic rings. The fourth-order valence-electron chi connectivity index (χ4n) is 2.48. The first-order valence-corrected chi connectivity index (χ1v) is 7.82. The second kappa shape index (κ2) is 8.48. The lowest BCUT2D eigenvalue weighted by molar-refractivity contribution is -0.122. The number of nitrogens with two attached hydrogens (primary N) is 1. The van der Waals surface area contributed by atoms with E-state index in [2.05, 4.69) is 5.32 Å². The Labute approximate surface area is 150 Å². The molecule has 0 aromatic heterocycles. The molecule has 0 fully saturated rings. The van der Waals surface area contributed by atoms with Gasteiger partial charge in [-0.15, -0.1) is 0 Å². The molecule has 0 saturated carbocycles. The van der Waals surface area contributed by atoms with Gasteiger partial charge in [0.05, 0.1) is 5.94 Å². The number of rotatable bonds is 7. The number of phenols is 1. The van der Waals surface area contributed by atoms with Crippen LogP contribution in [0.4, 0.5) is 0 Å². The summed E-state index contributed by atoms with van der Waals surface area (Å²) in [5.41, 5.74) is 6.25. The van der Waals surface area contributed by atoms with Gasteiger partial charge in [0, 0.05) is 0 Å². The van der Waals surface area contributed by atoms with Crippen LogP contribution < -0.4 is 11.1 Å². The number of aromatic hydroxyl groups is 1. The topological polar surface area (TPSA) is 153 Å². The summed E-state index contributed by atoms with van der Waals surface area (Å²) in [6.07, 6.45) is -0.197. The Morgan fingerprint density at radius 2 is 1.73 bits per heavy atom. The molecule has 2 unspecified atom stereocenters. The van der Waals surface area contributed by atoms with Crippen LogP contribution in [-0.2, 0) is 11.2 Å². The number of carboxylic acid groups (broad SMARTS) is 1. The highest BCUT2D eigenvalue weighted by Crippen LogP contribution is 2.24. The van der Waals surface area contributed by atoms with Crippen molar-refractivity contribution in [1.82, 2.24) is 5.32 Å². The predicted molar refractivity (Wildman–Crippen MR) is 94.3 cm³/mol. The average Bonchev–Trinajstić information content (AvgIpc) is 2.62. The van der Waals surface area contributed by atoms with Crippen molar-refractivity contribution in [1.29, 1.82) is 0 Å². The molecule has 0 aliphatic heterocycles. The van der Waals surface area contributed by atoms with Gasteiger partial charge in [-0.2, -0.15) is 0 Å². The molecule has 136 valence electrons. The smallest absolute Gasteiger partial charge is 0.475 e. The van der Waals surface area contributed by atoms with Gasteiger partial charge in [-0.1, -0.05) is 42.5 Å². The maximum absolute atomic E-state index is 12.3. The molecule has 7 N–H and O–H groups in total. The lowest BCUT2D eigenvalue weighted by atomic mass is 9.75. The molecule has 0 radical (unpaired) electrons. The number of hydrogen-bond donors (Lipinski definition) is 6. The van der Waals surface area contributed by atoms with Crippen LogP contribution in [0, 0.1) is 0 Å². The van der Waals surface area contributed by atoms with Gasteiger partial charge in [0.15, 0.2) is 0 Å². The molecule has 2 rings (SSSR count). The molecule has 0 saturated heterocycles. The lowest BCUT2D eigenvalue weighted by Crippen LogP contribution is -2.50. The van der Waals surface area contributed by atoms with Crippen molar-refractivity contribution in [3.05, 3.63) is 65.2 Å². The second-order valence-corrected chi connectivity index (χ2v) is 5.74. The fourth-order valence-corrected chi connectivity index (χ4v) is 2.48. The zero-order valence-electron chi connectivity index (χ0n) is 13.7. The van der Waals surface area contributed by atoms with Gasteiger partial charge in [0.2, 0.25) is 5.91 Å². The molecule has 2 atom stereocenters. The predicted octanol–water partition coefficient (Wildman–Crippen LogP) is -0.170. The van der Waals surface area contributed by atoms with Crippen molar-refractivity contribution >= 4 is 19.0 Å². The van der Waals surface area contributed by atoms with Crippen molar-refractivity contribution < 1.29 is 29.9 Å². The summed E-state index contributed by atoms with van der Waals surface area (Å²) >= 11 is 0. The van der Waals surface area contributed by atoms with Gasteiger partial charge in [-0.25, -0.2) is 4.79 Å². The first kappa shape index (κ1) is 19.4. The minimum atomic E-state index is -1.94. The molecular formula is C17H19BN2O6. The van der Waals surface area contributed by atoms with E-state index in [0.717, 1.165) is 0 Å². The fraction of sp³-hybridized carbons (Fsp3) is 0.176. The lowest BCUT2D eigenvalue weighted by Gasteiger charge is -2.21. The van der Waals surface area contributed by atoms with Crippen molar-refractivity contribution in [2.75, 3.05) is 0 Å². The number of aromatic carboxylic acids is 1. The van der Waals surface area contributed by atoms with Crippen molar-refractivity contribution in [3.63, 3.8) is 0 Å². The quantitative estimate of drug-likeness (QED) is 0.376. The molecule has 9 heteroatoms. The van der Waals surface area contributed by atoms with Crippen LogP contribution in [0.3, 0.4) is 0 Å². The third-order valence-electron chi connectivity index (χ3n) is 3.92. The van der Waals surface area contributed by atoms with E-state index in [0.29, 0.717) is 5.56 Å². The normalized spacial score (nSPS) is 12.9. The Bertz CT molecular complexity index is 784. The zero-order chi connectivity index (χ0) is 19.3. The largest absolute Gasteiger partial charge is 0.507 e. The van der Waals surface area contributed by atoms with E-state index in [1.807, 2.05) is 0 Å². The van der Waals surface area contributed by atoms with Crippen LogP contribution >= 0.6 is 0 Å². The van der Waals surface area contributed by atoms with Gasteiger partial charge >= 0.3 is 13.1 Å². The summed E-state index contributed by atoms with van der Waals surface area (Å²) in [5.74, 6) is -3.64. The number of nitrogens with one attached hydrogen (secondary N) is 1. The minimum absolute atomic E-state index is 0.150. The Morgan fingerprint density at radius 3 is 2.31 bits per heavy atom. The summed E-state index contributed by atoms with van der Waals surface area (Å²) in [6, 6.07) is 11.6. The summed E-state index contributed by atoms with van der Waals surface area (Å²) in [5, 5.41) is 40.6. The number of amides is 1. The zero-order valence-corrected chi connectivity index (χ0v) is 13.7. The standard InChI is InChI=1S/C17H19BN2O6/c19-14(10-5-2-1-3-6-10)16(22)20-13(18(25)26)9-11-7-4-8-12(15(11)21)17(23)24/h1-8,13-14,21,25-26H,9,19H2,(H,20,22)(H,23,24). The molecule has 0 heterocycles. The average molecular weight is 358 g/mol. The first-order chi connectivity index (χ1) is 12.3. The van der Waals surface area contributed by atoms with Crippen LogP contribution in [0.1, 0.15) is 27.5 Å². The highest BCUT2D eigenvalue weighted by Gasteiger charge is 2.29. The van der Waals surface area contributed by atoms with E-state index in [-0.39, 0.29) is 17.5 Å². The number of carbonyl (C=O) groups excluding carboxylic acids is 1. The van der Waals surface area contributed by atoms with Crippen LogP contribution in [0.15, 0.2) is 48.5 Å².